The number of carbonyl (C=O) groups excluding carboxylic acids is 2. The summed E-state index contributed by atoms with van der Waals surface area (Å²) in [5.74, 6) is -0.431. The Morgan fingerprint density at radius 3 is 2.55 bits per heavy atom. The maximum absolute atomic E-state index is 12.5. The molecule has 0 saturated heterocycles. The Hall–Kier alpha value is -2.82. The van der Waals surface area contributed by atoms with Gasteiger partial charge in [0.2, 0.25) is 0 Å². The number of amides is 2. The fraction of sp³-hybridized carbons (Fsp3) is 0.176. The first-order valence-electron chi connectivity index (χ1n) is 6.97. The minimum Gasteiger partial charge on any atom is -0.493 e. The molecule has 0 unspecified atom stereocenters. The van der Waals surface area contributed by atoms with Crippen LogP contribution in [0.15, 0.2) is 42.5 Å². The number of nitrogens with one attached hydrogen (secondary N) is 1. The highest BCUT2D eigenvalue weighted by atomic mass is 16.5. The van der Waals surface area contributed by atoms with Crippen molar-refractivity contribution in [1.29, 1.82) is 0 Å². The van der Waals surface area contributed by atoms with Gasteiger partial charge in [0.25, 0.3) is 11.8 Å². The monoisotopic (exact) mass is 298 g/mol. The summed E-state index contributed by atoms with van der Waals surface area (Å²) in [5.41, 5.74) is 7.21. The van der Waals surface area contributed by atoms with Gasteiger partial charge in [-0.25, -0.2) is 0 Å². The molecular weight excluding hydrogens is 280 g/mol. The van der Waals surface area contributed by atoms with Crippen molar-refractivity contribution in [2.45, 2.75) is 13.8 Å². The van der Waals surface area contributed by atoms with E-state index in [1.54, 1.807) is 49.4 Å². The molecule has 0 bridgehead atoms. The Labute approximate surface area is 129 Å². The molecule has 0 spiro atoms. The first-order valence-corrected chi connectivity index (χ1v) is 6.97. The normalized spacial score (nSPS) is 10.1. The van der Waals surface area contributed by atoms with Gasteiger partial charge in [-0.3, -0.25) is 9.59 Å². The van der Waals surface area contributed by atoms with E-state index in [2.05, 4.69) is 5.32 Å². The van der Waals surface area contributed by atoms with Crippen LogP contribution < -0.4 is 15.8 Å². The highest BCUT2D eigenvalue weighted by Gasteiger charge is 2.16. The van der Waals surface area contributed by atoms with E-state index in [1.807, 2.05) is 6.92 Å². The fourth-order valence-electron chi connectivity index (χ4n) is 2.22. The summed E-state index contributed by atoms with van der Waals surface area (Å²) in [4.78, 5) is 24.0. The molecular formula is C17H18N2O3. The lowest BCUT2D eigenvalue weighted by Gasteiger charge is -2.13. The van der Waals surface area contributed by atoms with Crippen molar-refractivity contribution >= 4 is 17.5 Å². The summed E-state index contributed by atoms with van der Waals surface area (Å²) in [7, 11) is 0. The standard InChI is InChI=1S/C17H18N2O3/c1-3-22-14-10-5-4-8-12(14)17(21)19-13-9-6-7-11(2)15(13)16(18)20/h4-10H,3H2,1-2H3,(H2,18,20)(H,19,21). The van der Waals surface area contributed by atoms with Crippen LogP contribution in [0.4, 0.5) is 5.69 Å². The van der Waals surface area contributed by atoms with Gasteiger partial charge in [0.15, 0.2) is 0 Å². The molecule has 0 aliphatic heterocycles. The zero-order chi connectivity index (χ0) is 16.1. The molecule has 0 radical (unpaired) electrons. The zero-order valence-corrected chi connectivity index (χ0v) is 12.6. The summed E-state index contributed by atoms with van der Waals surface area (Å²) in [6.07, 6.45) is 0. The Bertz CT molecular complexity index is 711. The van der Waals surface area contributed by atoms with Gasteiger partial charge in [0.05, 0.1) is 23.4 Å². The summed E-state index contributed by atoms with van der Waals surface area (Å²) in [6, 6.07) is 12.1. The third kappa shape index (κ3) is 3.25. The van der Waals surface area contributed by atoms with Crippen LogP contribution >= 0.6 is 0 Å². The molecule has 0 saturated carbocycles. The van der Waals surface area contributed by atoms with Crippen LogP contribution in [0.25, 0.3) is 0 Å². The predicted molar refractivity (Wildman–Crippen MR) is 85.3 cm³/mol. The number of nitrogens with two attached hydrogens (primary N) is 1. The molecule has 5 heteroatoms. The largest absolute Gasteiger partial charge is 0.493 e. The molecule has 3 N–H and O–H groups in total. The molecule has 2 rings (SSSR count). The highest BCUT2D eigenvalue weighted by Crippen LogP contribution is 2.23. The van der Waals surface area contributed by atoms with E-state index in [9.17, 15) is 9.59 Å². The maximum Gasteiger partial charge on any atom is 0.259 e. The lowest BCUT2D eigenvalue weighted by atomic mass is 10.1. The molecule has 2 aromatic carbocycles. The van der Waals surface area contributed by atoms with E-state index in [-0.39, 0.29) is 5.91 Å². The van der Waals surface area contributed by atoms with Crippen LogP contribution in [0.5, 0.6) is 5.75 Å². The molecule has 0 aliphatic rings. The third-order valence-corrected chi connectivity index (χ3v) is 3.20. The van der Waals surface area contributed by atoms with Crippen molar-refractivity contribution in [2.75, 3.05) is 11.9 Å². The first kappa shape index (κ1) is 15.6. The van der Waals surface area contributed by atoms with Crippen LogP contribution in [0.1, 0.15) is 33.2 Å². The smallest absolute Gasteiger partial charge is 0.259 e. The van der Waals surface area contributed by atoms with Gasteiger partial charge < -0.3 is 15.8 Å². The van der Waals surface area contributed by atoms with Crippen molar-refractivity contribution < 1.29 is 14.3 Å². The highest BCUT2D eigenvalue weighted by molar-refractivity contribution is 6.10. The molecule has 114 valence electrons. The van der Waals surface area contributed by atoms with Gasteiger partial charge in [0, 0.05) is 0 Å². The van der Waals surface area contributed by atoms with Crippen molar-refractivity contribution in [3.8, 4) is 5.75 Å². The van der Waals surface area contributed by atoms with E-state index in [0.29, 0.717) is 34.7 Å². The van der Waals surface area contributed by atoms with Gasteiger partial charge in [0.1, 0.15) is 5.75 Å². The van der Waals surface area contributed by atoms with Gasteiger partial charge in [-0.05, 0) is 37.6 Å². The average molecular weight is 298 g/mol. The summed E-state index contributed by atoms with van der Waals surface area (Å²) in [5, 5.41) is 2.73. The zero-order valence-electron chi connectivity index (χ0n) is 12.6. The Morgan fingerprint density at radius 2 is 1.86 bits per heavy atom. The number of hydrogen-bond donors (Lipinski definition) is 2. The minimum absolute atomic E-state index is 0.310. The molecule has 2 amide bonds. The minimum atomic E-state index is -0.577. The number of anilines is 1. The molecule has 2 aromatic rings. The molecule has 22 heavy (non-hydrogen) atoms. The van der Waals surface area contributed by atoms with Crippen molar-refractivity contribution in [3.63, 3.8) is 0 Å². The van der Waals surface area contributed by atoms with Crippen molar-refractivity contribution in [2.24, 2.45) is 5.73 Å². The first-order chi connectivity index (χ1) is 10.5. The van der Waals surface area contributed by atoms with Crippen molar-refractivity contribution in [1.82, 2.24) is 0 Å². The second-order valence-corrected chi connectivity index (χ2v) is 4.75. The number of primary amides is 1. The molecule has 0 atom stereocenters. The number of aryl methyl sites for hydroxylation is 1. The molecule has 0 heterocycles. The quantitative estimate of drug-likeness (QED) is 0.890. The summed E-state index contributed by atoms with van der Waals surface area (Å²) >= 11 is 0. The maximum atomic E-state index is 12.5. The van der Waals surface area contributed by atoms with Gasteiger partial charge >= 0.3 is 0 Å². The van der Waals surface area contributed by atoms with Gasteiger partial charge in [-0.2, -0.15) is 0 Å². The summed E-state index contributed by atoms with van der Waals surface area (Å²) < 4.78 is 5.44. The lowest BCUT2D eigenvalue weighted by molar-refractivity contribution is 0.100. The van der Waals surface area contributed by atoms with Gasteiger partial charge in [-0.15, -0.1) is 0 Å². The van der Waals surface area contributed by atoms with E-state index in [1.165, 1.54) is 0 Å². The topological polar surface area (TPSA) is 81.4 Å². The van der Waals surface area contributed by atoms with E-state index < -0.39 is 5.91 Å². The number of carbonyl (C=O) groups is 2. The van der Waals surface area contributed by atoms with E-state index in [0.717, 1.165) is 0 Å². The summed E-state index contributed by atoms with van der Waals surface area (Å²) in [6.45, 7) is 4.07. The fourth-order valence-corrected chi connectivity index (χ4v) is 2.22. The van der Waals surface area contributed by atoms with Crippen LogP contribution in [-0.4, -0.2) is 18.4 Å². The van der Waals surface area contributed by atoms with Crippen molar-refractivity contribution in [3.05, 3.63) is 59.2 Å². The van der Waals surface area contributed by atoms with Crippen LogP contribution in [0, 0.1) is 6.92 Å². The van der Waals surface area contributed by atoms with Crippen LogP contribution in [-0.2, 0) is 0 Å². The number of rotatable bonds is 5. The Balaban J connectivity index is 2.34. The van der Waals surface area contributed by atoms with E-state index in [4.69, 9.17) is 10.5 Å². The van der Waals surface area contributed by atoms with E-state index >= 15 is 0 Å². The number of ether oxygens (including phenoxy) is 1. The predicted octanol–water partition coefficient (Wildman–Crippen LogP) is 2.74. The molecule has 0 fully saturated rings. The van der Waals surface area contributed by atoms with Crippen LogP contribution in [0.2, 0.25) is 0 Å². The lowest BCUT2D eigenvalue weighted by Crippen LogP contribution is -2.20. The third-order valence-electron chi connectivity index (χ3n) is 3.20. The Morgan fingerprint density at radius 1 is 1.14 bits per heavy atom. The number of hydrogen-bond acceptors (Lipinski definition) is 3. The molecule has 0 aliphatic carbocycles. The van der Waals surface area contributed by atoms with Gasteiger partial charge in [-0.1, -0.05) is 24.3 Å². The second-order valence-electron chi connectivity index (χ2n) is 4.75. The second kappa shape index (κ2) is 6.76. The SMILES string of the molecule is CCOc1ccccc1C(=O)Nc1cccc(C)c1C(N)=O. The van der Waals surface area contributed by atoms with Crippen LogP contribution in [0.3, 0.4) is 0 Å². The molecule has 0 aromatic heterocycles. The number of para-hydroxylation sites is 1. The molecule has 5 nitrogen and oxygen atoms in total. The number of benzene rings is 2. The Kier molecular flexibility index (Phi) is 4.78. The average Bonchev–Trinajstić information content (AvgIpc) is 2.47.